The Morgan fingerprint density at radius 3 is 2.56 bits per heavy atom. The highest BCUT2D eigenvalue weighted by atomic mass is 16.5. The minimum atomic E-state index is -0.756. The van der Waals surface area contributed by atoms with Gasteiger partial charge in [-0.05, 0) is 17.5 Å². The summed E-state index contributed by atoms with van der Waals surface area (Å²) in [6.07, 6.45) is 0. The number of benzene rings is 1. The number of hydrogen-bond acceptors (Lipinski definition) is 4. The highest BCUT2D eigenvalue weighted by molar-refractivity contribution is 5.83. The van der Waals surface area contributed by atoms with Gasteiger partial charge in [0.05, 0.1) is 7.11 Å². The Bertz CT molecular complexity index is 419. The smallest absolute Gasteiger partial charge is 0.255 e. The van der Waals surface area contributed by atoms with Crippen molar-refractivity contribution >= 4 is 5.91 Å². The zero-order valence-electron chi connectivity index (χ0n) is 11.3. The van der Waals surface area contributed by atoms with Crippen molar-refractivity contribution in [3.63, 3.8) is 0 Å². The van der Waals surface area contributed by atoms with Gasteiger partial charge in [0.25, 0.3) is 5.91 Å². The van der Waals surface area contributed by atoms with Crippen LogP contribution in [-0.4, -0.2) is 20.1 Å². The molecule has 0 saturated carbocycles. The third-order valence-electron chi connectivity index (χ3n) is 2.79. The number of carbonyl (C=O) groups is 1. The van der Waals surface area contributed by atoms with E-state index < -0.39 is 6.04 Å². The summed E-state index contributed by atoms with van der Waals surface area (Å²) < 4.78 is 5.31. The Kier molecular flexibility index (Phi) is 5.12. The molecule has 1 aromatic rings. The number of carbonyl (C=O) groups excluding carboxylic acids is 1. The van der Waals surface area contributed by atoms with Crippen molar-refractivity contribution in [2.45, 2.75) is 25.8 Å². The van der Waals surface area contributed by atoms with Crippen molar-refractivity contribution < 1.29 is 9.53 Å². The maximum Gasteiger partial charge on any atom is 0.255 e. The molecule has 0 spiro atoms. The van der Waals surface area contributed by atoms with E-state index in [1.807, 2.05) is 18.2 Å². The summed E-state index contributed by atoms with van der Waals surface area (Å²) in [7, 11) is 3.19. The largest absolute Gasteiger partial charge is 0.496 e. The molecule has 0 aromatic heterocycles. The normalized spacial score (nSPS) is 12.3. The second-order valence-corrected chi connectivity index (χ2v) is 4.37. The Labute approximate surface area is 108 Å². The van der Waals surface area contributed by atoms with E-state index in [0.29, 0.717) is 17.2 Å². The molecule has 0 bridgehead atoms. The van der Waals surface area contributed by atoms with Gasteiger partial charge in [-0.15, -0.1) is 0 Å². The number of hydrazine groups is 1. The molecule has 4 N–H and O–H groups in total. The van der Waals surface area contributed by atoms with Crippen LogP contribution >= 0.6 is 0 Å². The molecule has 0 saturated heterocycles. The zero-order valence-corrected chi connectivity index (χ0v) is 11.3. The van der Waals surface area contributed by atoms with Crippen molar-refractivity contribution in [3.05, 3.63) is 29.3 Å². The van der Waals surface area contributed by atoms with E-state index in [2.05, 4.69) is 24.7 Å². The van der Waals surface area contributed by atoms with Gasteiger partial charge >= 0.3 is 0 Å². The fraction of sp³-hybridized carbons (Fsp3) is 0.462. The quantitative estimate of drug-likeness (QED) is 0.684. The first-order valence-corrected chi connectivity index (χ1v) is 5.91. The van der Waals surface area contributed by atoms with E-state index in [1.165, 1.54) is 0 Å². The lowest BCUT2D eigenvalue weighted by Crippen LogP contribution is -2.40. The molecule has 100 valence electrons. The molecule has 0 heterocycles. The molecule has 1 rings (SSSR count). The second kappa shape index (κ2) is 6.37. The van der Waals surface area contributed by atoms with Crippen LogP contribution in [0.25, 0.3) is 0 Å². The Hall–Kier alpha value is -1.59. The number of amides is 1. The zero-order chi connectivity index (χ0) is 13.7. The summed E-state index contributed by atoms with van der Waals surface area (Å²) >= 11 is 0. The van der Waals surface area contributed by atoms with E-state index in [1.54, 1.807) is 14.2 Å². The van der Waals surface area contributed by atoms with Crippen LogP contribution < -0.4 is 21.3 Å². The van der Waals surface area contributed by atoms with E-state index in [0.717, 1.165) is 5.56 Å². The lowest BCUT2D eigenvalue weighted by Gasteiger charge is -2.17. The van der Waals surface area contributed by atoms with Gasteiger partial charge in [-0.3, -0.25) is 10.2 Å². The van der Waals surface area contributed by atoms with Crippen molar-refractivity contribution in [1.82, 2.24) is 10.9 Å². The third kappa shape index (κ3) is 3.21. The summed E-state index contributed by atoms with van der Waals surface area (Å²) in [5.41, 5.74) is 12.7. The van der Waals surface area contributed by atoms with Crippen molar-refractivity contribution in [2.75, 3.05) is 14.2 Å². The highest BCUT2D eigenvalue weighted by Gasteiger charge is 2.19. The molecule has 0 aliphatic carbocycles. The SMILES string of the molecule is CNNC(=O)C(N)c1ccc(C(C)C)cc1OC. The van der Waals surface area contributed by atoms with Crippen LogP contribution in [0, 0.1) is 0 Å². The molecule has 1 atom stereocenters. The molecule has 0 aliphatic rings. The van der Waals surface area contributed by atoms with Crippen LogP contribution in [0.4, 0.5) is 0 Å². The molecular formula is C13H21N3O2. The van der Waals surface area contributed by atoms with Crippen molar-refractivity contribution in [2.24, 2.45) is 5.73 Å². The summed E-state index contributed by atoms with van der Waals surface area (Å²) in [4.78, 5) is 11.7. The van der Waals surface area contributed by atoms with Crippen LogP contribution in [0.5, 0.6) is 5.75 Å². The molecule has 5 heteroatoms. The van der Waals surface area contributed by atoms with Crippen LogP contribution in [0.15, 0.2) is 18.2 Å². The topological polar surface area (TPSA) is 76.4 Å². The number of ether oxygens (including phenoxy) is 1. The monoisotopic (exact) mass is 251 g/mol. The van der Waals surface area contributed by atoms with Gasteiger partial charge in [-0.1, -0.05) is 26.0 Å². The summed E-state index contributed by atoms with van der Waals surface area (Å²) in [6, 6.07) is 4.98. The van der Waals surface area contributed by atoms with Crippen LogP contribution in [0.2, 0.25) is 0 Å². The van der Waals surface area contributed by atoms with Gasteiger partial charge in [0, 0.05) is 12.6 Å². The molecule has 0 aliphatic heterocycles. The number of hydrogen-bond donors (Lipinski definition) is 3. The van der Waals surface area contributed by atoms with E-state index in [4.69, 9.17) is 10.5 Å². The van der Waals surface area contributed by atoms with Gasteiger partial charge in [-0.2, -0.15) is 0 Å². The molecule has 5 nitrogen and oxygen atoms in total. The second-order valence-electron chi connectivity index (χ2n) is 4.37. The van der Waals surface area contributed by atoms with Crippen LogP contribution in [-0.2, 0) is 4.79 Å². The molecule has 1 unspecified atom stereocenters. The molecule has 1 aromatic carbocycles. The predicted molar refractivity (Wildman–Crippen MR) is 71.2 cm³/mol. The molecule has 18 heavy (non-hydrogen) atoms. The van der Waals surface area contributed by atoms with Crippen molar-refractivity contribution in [1.29, 1.82) is 0 Å². The van der Waals surface area contributed by atoms with Crippen LogP contribution in [0.1, 0.15) is 36.9 Å². The minimum absolute atomic E-state index is 0.298. The van der Waals surface area contributed by atoms with E-state index in [-0.39, 0.29) is 5.91 Å². The standard InChI is InChI=1S/C13H21N3O2/c1-8(2)9-5-6-10(11(7-9)18-4)12(14)13(17)16-15-3/h5-8,12,15H,14H2,1-4H3,(H,16,17). The van der Waals surface area contributed by atoms with Crippen molar-refractivity contribution in [3.8, 4) is 5.75 Å². The summed E-state index contributed by atoms with van der Waals surface area (Å²) in [5.74, 6) is 0.739. The maximum atomic E-state index is 11.7. The summed E-state index contributed by atoms with van der Waals surface area (Å²) in [6.45, 7) is 4.20. The first-order chi connectivity index (χ1) is 8.51. The number of nitrogens with one attached hydrogen (secondary N) is 2. The Morgan fingerprint density at radius 2 is 2.06 bits per heavy atom. The average Bonchev–Trinajstić information content (AvgIpc) is 2.37. The van der Waals surface area contributed by atoms with Gasteiger partial charge in [0.2, 0.25) is 0 Å². The van der Waals surface area contributed by atoms with Gasteiger partial charge in [0.15, 0.2) is 0 Å². The van der Waals surface area contributed by atoms with E-state index in [9.17, 15) is 4.79 Å². The van der Waals surface area contributed by atoms with Crippen LogP contribution in [0.3, 0.4) is 0 Å². The first-order valence-electron chi connectivity index (χ1n) is 5.91. The fourth-order valence-corrected chi connectivity index (χ4v) is 1.69. The van der Waals surface area contributed by atoms with E-state index >= 15 is 0 Å². The number of rotatable bonds is 5. The average molecular weight is 251 g/mol. The van der Waals surface area contributed by atoms with Gasteiger partial charge in [-0.25, -0.2) is 5.43 Å². The molecule has 1 amide bonds. The fourth-order valence-electron chi connectivity index (χ4n) is 1.69. The van der Waals surface area contributed by atoms with Gasteiger partial charge < -0.3 is 10.5 Å². The predicted octanol–water partition coefficient (Wildman–Crippen LogP) is 1.07. The van der Waals surface area contributed by atoms with Gasteiger partial charge in [0.1, 0.15) is 11.8 Å². The Morgan fingerprint density at radius 1 is 1.39 bits per heavy atom. The minimum Gasteiger partial charge on any atom is -0.496 e. The lowest BCUT2D eigenvalue weighted by atomic mass is 9.98. The third-order valence-corrected chi connectivity index (χ3v) is 2.79. The Balaban J connectivity index is 3.05. The molecule has 0 radical (unpaired) electrons. The lowest BCUT2D eigenvalue weighted by molar-refractivity contribution is -0.123. The maximum absolute atomic E-state index is 11.7. The molecule has 0 fully saturated rings. The summed E-state index contributed by atoms with van der Waals surface area (Å²) in [5, 5.41) is 0. The number of nitrogens with two attached hydrogens (primary N) is 1. The first kappa shape index (κ1) is 14.5. The molecular weight excluding hydrogens is 230 g/mol. The highest BCUT2D eigenvalue weighted by Crippen LogP contribution is 2.28. The number of methoxy groups -OCH3 is 1.